The molecule has 2 heterocycles. The van der Waals surface area contributed by atoms with Gasteiger partial charge in [0.1, 0.15) is 10.6 Å². The van der Waals surface area contributed by atoms with Crippen LogP contribution in [0.25, 0.3) is 21.6 Å². The van der Waals surface area contributed by atoms with Crippen molar-refractivity contribution in [3.05, 3.63) is 40.8 Å². The summed E-state index contributed by atoms with van der Waals surface area (Å²) in [6.45, 7) is 7.21. The molecule has 3 rings (SSSR count). The Morgan fingerprint density at radius 3 is 2.71 bits per heavy atom. The molecule has 0 bridgehead atoms. The number of nitrogens with one attached hydrogen (secondary N) is 1. The van der Waals surface area contributed by atoms with Crippen LogP contribution in [0.4, 0.5) is 5.82 Å². The van der Waals surface area contributed by atoms with Gasteiger partial charge in [0.05, 0.1) is 5.39 Å². The van der Waals surface area contributed by atoms with Crippen LogP contribution in [0, 0.1) is 6.92 Å². The van der Waals surface area contributed by atoms with E-state index in [2.05, 4.69) is 56.4 Å². The maximum atomic E-state index is 4.77. The largest absolute Gasteiger partial charge is 0.370 e. The van der Waals surface area contributed by atoms with Crippen LogP contribution in [0.15, 0.2) is 30.3 Å². The molecular weight excluding hydrogens is 278 g/mol. The van der Waals surface area contributed by atoms with Gasteiger partial charge in [-0.05, 0) is 32.4 Å². The van der Waals surface area contributed by atoms with Crippen molar-refractivity contribution in [2.75, 3.05) is 11.9 Å². The first-order chi connectivity index (χ1) is 10.2. The highest BCUT2D eigenvalue weighted by Crippen LogP contribution is 2.31. The van der Waals surface area contributed by atoms with Crippen molar-refractivity contribution in [1.82, 2.24) is 9.97 Å². The standard InChI is InChI=1S/C17H19N3S/c1-4-13-10-14-16(18-5-2)19-15(20-17(14)21-13)12-8-6-7-11(3)9-12/h6-10H,4-5H2,1-3H3,(H,18,19,20). The van der Waals surface area contributed by atoms with Gasteiger partial charge in [0.2, 0.25) is 0 Å². The Morgan fingerprint density at radius 2 is 2.00 bits per heavy atom. The predicted molar refractivity (Wildman–Crippen MR) is 91.1 cm³/mol. The molecule has 0 aliphatic heterocycles. The van der Waals surface area contributed by atoms with Crippen molar-refractivity contribution in [1.29, 1.82) is 0 Å². The van der Waals surface area contributed by atoms with E-state index in [1.807, 2.05) is 0 Å². The van der Waals surface area contributed by atoms with Crippen LogP contribution in [0.3, 0.4) is 0 Å². The van der Waals surface area contributed by atoms with E-state index in [-0.39, 0.29) is 0 Å². The van der Waals surface area contributed by atoms with E-state index in [4.69, 9.17) is 9.97 Å². The average molecular weight is 297 g/mol. The zero-order valence-electron chi connectivity index (χ0n) is 12.6. The fraction of sp³-hybridized carbons (Fsp3) is 0.294. The molecular formula is C17H19N3S. The van der Waals surface area contributed by atoms with Crippen LogP contribution in [-0.2, 0) is 6.42 Å². The maximum absolute atomic E-state index is 4.77. The molecule has 0 saturated carbocycles. The number of fused-ring (bicyclic) bond motifs is 1. The SMILES string of the molecule is CCNc1nc(-c2cccc(C)c2)nc2sc(CC)cc12. The zero-order chi connectivity index (χ0) is 14.8. The van der Waals surface area contributed by atoms with Gasteiger partial charge in [-0.2, -0.15) is 0 Å². The molecule has 1 aromatic carbocycles. The highest BCUT2D eigenvalue weighted by molar-refractivity contribution is 7.18. The van der Waals surface area contributed by atoms with Crippen molar-refractivity contribution in [2.45, 2.75) is 27.2 Å². The number of anilines is 1. The molecule has 1 N–H and O–H groups in total. The lowest BCUT2D eigenvalue weighted by Gasteiger charge is -2.07. The van der Waals surface area contributed by atoms with Gasteiger partial charge < -0.3 is 5.32 Å². The summed E-state index contributed by atoms with van der Waals surface area (Å²) in [6.07, 6.45) is 1.03. The first-order valence-electron chi connectivity index (χ1n) is 7.32. The molecule has 4 heteroatoms. The number of hydrogen-bond acceptors (Lipinski definition) is 4. The molecule has 3 aromatic rings. The summed E-state index contributed by atoms with van der Waals surface area (Å²) in [6, 6.07) is 10.5. The van der Waals surface area contributed by atoms with Gasteiger partial charge in [0.25, 0.3) is 0 Å². The van der Waals surface area contributed by atoms with Crippen LogP contribution in [0.1, 0.15) is 24.3 Å². The first-order valence-corrected chi connectivity index (χ1v) is 8.14. The lowest BCUT2D eigenvalue weighted by atomic mass is 10.1. The molecule has 0 radical (unpaired) electrons. The third-order valence-electron chi connectivity index (χ3n) is 3.41. The second-order valence-corrected chi connectivity index (χ2v) is 6.20. The number of rotatable bonds is 4. The predicted octanol–water partition coefficient (Wildman–Crippen LogP) is 4.66. The summed E-state index contributed by atoms with van der Waals surface area (Å²) < 4.78 is 0. The molecule has 2 aromatic heterocycles. The molecule has 0 unspecified atom stereocenters. The molecule has 0 spiro atoms. The van der Waals surface area contributed by atoms with Gasteiger partial charge >= 0.3 is 0 Å². The molecule has 21 heavy (non-hydrogen) atoms. The van der Waals surface area contributed by atoms with Crippen LogP contribution in [0.5, 0.6) is 0 Å². The average Bonchev–Trinajstić information content (AvgIpc) is 2.91. The minimum Gasteiger partial charge on any atom is -0.370 e. The molecule has 0 aliphatic carbocycles. The summed E-state index contributed by atoms with van der Waals surface area (Å²) in [5.41, 5.74) is 2.30. The van der Waals surface area contributed by atoms with Crippen molar-refractivity contribution in [3.8, 4) is 11.4 Å². The fourth-order valence-corrected chi connectivity index (χ4v) is 3.33. The Morgan fingerprint density at radius 1 is 1.14 bits per heavy atom. The second-order valence-electron chi connectivity index (χ2n) is 5.08. The van der Waals surface area contributed by atoms with Crippen LogP contribution in [-0.4, -0.2) is 16.5 Å². The first kappa shape index (κ1) is 14.0. The number of benzene rings is 1. The van der Waals surface area contributed by atoms with E-state index in [0.717, 1.165) is 40.4 Å². The van der Waals surface area contributed by atoms with Gasteiger partial charge in [-0.15, -0.1) is 11.3 Å². The Balaban J connectivity index is 2.19. The monoisotopic (exact) mass is 297 g/mol. The lowest BCUT2D eigenvalue weighted by molar-refractivity contribution is 1.15. The minimum absolute atomic E-state index is 0.798. The number of nitrogens with zero attached hydrogens (tertiary/aromatic N) is 2. The Bertz CT molecular complexity index is 777. The fourth-order valence-electron chi connectivity index (χ4n) is 2.36. The number of aryl methyl sites for hydroxylation is 2. The summed E-state index contributed by atoms with van der Waals surface area (Å²) in [5.74, 6) is 1.74. The number of thiophene rings is 1. The quantitative estimate of drug-likeness (QED) is 0.761. The van der Waals surface area contributed by atoms with Gasteiger partial charge in [-0.25, -0.2) is 9.97 Å². The van der Waals surface area contributed by atoms with Gasteiger partial charge in [0, 0.05) is 17.0 Å². The van der Waals surface area contributed by atoms with Crippen LogP contribution in [0.2, 0.25) is 0 Å². The van der Waals surface area contributed by atoms with Gasteiger partial charge in [-0.3, -0.25) is 0 Å². The topological polar surface area (TPSA) is 37.8 Å². The van der Waals surface area contributed by atoms with Crippen molar-refractivity contribution < 1.29 is 0 Å². The van der Waals surface area contributed by atoms with E-state index in [1.54, 1.807) is 11.3 Å². The van der Waals surface area contributed by atoms with Crippen LogP contribution < -0.4 is 5.32 Å². The molecule has 0 saturated heterocycles. The molecule has 3 nitrogen and oxygen atoms in total. The Labute approximate surface area is 129 Å². The highest BCUT2D eigenvalue weighted by Gasteiger charge is 2.12. The van der Waals surface area contributed by atoms with E-state index < -0.39 is 0 Å². The molecule has 0 fully saturated rings. The minimum atomic E-state index is 0.798. The normalized spacial score (nSPS) is 11.0. The summed E-state index contributed by atoms with van der Waals surface area (Å²) in [7, 11) is 0. The van der Waals surface area contributed by atoms with E-state index in [1.165, 1.54) is 10.4 Å². The van der Waals surface area contributed by atoms with Crippen molar-refractivity contribution in [2.24, 2.45) is 0 Å². The third kappa shape index (κ3) is 2.76. The lowest BCUT2D eigenvalue weighted by Crippen LogP contribution is -2.02. The number of aromatic nitrogens is 2. The summed E-state index contributed by atoms with van der Waals surface area (Å²) >= 11 is 1.76. The third-order valence-corrected chi connectivity index (χ3v) is 4.59. The van der Waals surface area contributed by atoms with E-state index in [9.17, 15) is 0 Å². The number of hydrogen-bond donors (Lipinski definition) is 1. The van der Waals surface area contributed by atoms with Gasteiger partial charge in [0.15, 0.2) is 5.82 Å². The van der Waals surface area contributed by atoms with Crippen LogP contribution >= 0.6 is 11.3 Å². The van der Waals surface area contributed by atoms with E-state index in [0.29, 0.717) is 0 Å². The summed E-state index contributed by atoms with van der Waals surface area (Å²) in [4.78, 5) is 11.9. The maximum Gasteiger partial charge on any atom is 0.163 e. The molecule has 0 amide bonds. The second kappa shape index (κ2) is 5.82. The summed E-state index contributed by atoms with van der Waals surface area (Å²) in [5, 5.41) is 4.50. The smallest absolute Gasteiger partial charge is 0.163 e. The molecule has 0 aliphatic rings. The molecule has 0 atom stereocenters. The molecule has 108 valence electrons. The van der Waals surface area contributed by atoms with E-state index >= 15 is 0 Å². The van der Waals surface area contributed by atoms with Crippen molar-refractivity contribution >= 4 is 27.4 Å². The van der Waals surface area contributed by atoms with Gasteiger partial charge in [-0.1, -0.05) is 30.7 Å². The Hall–Kier alpha value is -1.94. The Kier molecular flexibility index (Phi) is 3.88. The highest BCUT2D eigenvalue weighted by atomic mass is 32.1. The zero-order valence-corrected chi connectivity index (χ0v) is 13.4. The van der Waals surface area contributed by atoms with Crippen molar-refractivity contribution in [3.63, 3.8) is 0 Å².